The highest BCUT2D eigenvalue weighted by atomic mass is 79.9. The number of methoxy groups -OCH3 is 1. The number of halogens is 2. The van der Waals surface area contributed by atoms with Gasteiger partial charge in [-0.3, -0.25) is 4.57 Å². The highest BCUT2D eigenvalue weighted by Gasteiger charge is 2.30. The van der Waals surface area contributed by atoms with Gasteiger partial charge in [0.2, 0.25) is 5.28 Å². The van der Waals surface area contributed by atoms with Crippen LogP contribution in [-0.4, -0.2) is 21.9 Å². The fourth-order valence-corrected chi connectivity index (χ4v) is 2.60. The summed E-state index contributed by atoms with van der Waals surface area (Å²) in [6, 6.07) is 5.80. The van der Waals surface area contributed by atoms with Crippen LogP contribution in [0.5, 0.6) is 5.75 Å². The average molecular weight is 329 g/mol. The van der Waals surface area contributed by atoms with E-state index >= 15 is 0 Å². The second kappa shape index (κ2) is 4.55. The monoisotopic (exact) mass is 327 g/mol. The van der Waals surface area contributed by atoms with E-state index in [-0.39, 0.29) is 0 Å². The third-order valence-corrected chi connectivity index (χ3v) is 3.64. The quantitative estimate of drug-likeness (QED) is 0.865. The second-order valence-electron chi connectivity index (χ2n) is 4.29. The molecule has 2 aromatic rings. The van der Waals surface area contributed by atoms with Gasteiger partial charge in [-0.2, -0.15) is 0 Å². The van der Waals surface area contributed by atoms with Gasteiger partial charge in [0.15, 0.2) is 0 Å². The molecular weight excluding hydrogens is 318 g/mol. The van der Waals surface area contributed by atoms with Gasteiger partial charge in [0.25, 0.3) is 0 Å². The molecule has 1 aromatic heterocycles. The first-order valence-corrected chi connectivity index (χ1v) is 6.82. The third kappa shape index (κ3) is 2.12. The minimum absolute atomic E-state index is 0.386. The predicted octanol–water partition coefficient (Wildman–Crippen LogP) is 3.57. The molecule has 94 valence electrons. The fraction of sp³-hybridized carbons (Fsp3) is 0.333. The summed E-state index contributed by atoms with van der Waals surface area (Å²) in [5.41, 5.74) is 0.915. The highest BCUT2D eigenvalue weighted by molar-refractivity contribution is 9.10. The van der Waals surface area contributed by atoms with Crippen LogP contribution in [-0.2, 0) is 0 Å². The minimum atomic E-state index is 0.386. The van der Waals surface area contributed by atoms with Crippen LogP contribution < -0.4 is 4.74 Å². The van der Waals surface area contributed by atoms with Gasteiger partial charge in [-0.05, 0) is 36.6 Å². The fourth-order valence-electron chi connectivity index (χ4n) is 1.92. The zero-order chi connectivity index (χ0) is 12.7. The maximum absolute atomic E-state index is 6.13. The van der Waals surface area contributed by atoms with E-state index in [0.717, 1.165) is 34.6 Å². The molecule has 0 atom stereocenters. The van der Waals surface area contributed by atoms with Crippen molar-refractivity contribution in [3.8, 4) is 11.4 Å². The lowest BCUT2D eigenvalue weighted by molar-refractivity contribution is 0.414. The van der Waals surface area contributed by atoms with Crippen LogP contribution in [0.1, 0.15) is 24.6 Å². The highest BCUT2D eigenvalue weighted by Crippen LogP contribution is 2.41. The van der Waals surface area contributed by atoms with Crippen LogP contribution >= 0.6 is 27.5 Å². The first-order valence-electron chi connectivity index (χ1n) is 5.65. The van der Waals surface area contributed by atoms with Gasteiger partial charge in [0.05, 0.1) is 12.8 Å². The molecule has 1 fully saturated rings. The Labute approximate surface area is 118 Å². The van der Waals surface area contributed by atoms with Crippen molar-refractivity contribution in [2.45, 2.75) is 18.8 Å². The van der Waals surface area contributed by atoms with Crippen molar-refractivity contribution in [2.24, 2.45) is 0 Å². The van der Waals surface area contributed by atoms with Crippen molar-refractivity contribution >= 4 is 27.5 Å². The van der Waals surface area contributed by atoms with E-state index in [0.29, 0.717) is 11.2 Å². The van der Waals surface area contributed by atoms with Gasteiger partial charge < -0.3 is 4.74 Å². The zero-order valence-corrected chi connectivity index (χ0v) is 12.1. The van der Waals surface area contributed by atoms with Crippen molar-refractivity contribution in [1.82, 2.24) is 14.8 Å². The summed E-state index contributed by atoms with van der Waals surface area (Å²) >= 11 is 9.60. The molecule has 1 aromatic carbocycles. The molecule has 1 aliphatic rings. The van der Waals surface area contributed by atoms with E-state index in [1.54, 1.807) is 7.11 Å². The summed E-state index contributed by atoms with van der Waals surface area (Å²) in [7, 11) is 1.64. The molecule has 0 saturated heterocycles. The van der Waals surface area contributed by atoms with Crippen molar-refractivity contribution < 1.29 is 4.74 Å². The largest absolute Gasteiger partial charge is 0.497 e. The Morgan fingerprint density at radius 2 is 2.11 bits per heavy atom. The van der Waals surface area contributed by atoms with Crippen LogP contribution in [0.2, 0.25) is 5.28 Å². The first-order chi connectivity index (χ1) is 8.69. The molecule has 0 unspecified atom stereocenters. The third-order valence-electron chi connectivity index (χ3n) is 2.94. The lowest BCUT2D eigenvalue weighted by atomic mass is 10.3. The molecular formula is C12H11BrClN3O. The number of rotatable bonds is 3. The Balaban J connectivity index is 2.13. The summed E-state index contributed by atoms with van der Waals surface area (Å²) in [6.07, 6.45) is 2.31. The normalized spacial score (nSPS) is 14.8. The van der Waals surface area contributed by atoms with E-state index in [1.807, 2.05) is 22.8 Å². The molecule has 0 bridgehead atoms. The number of hydrogen-bond donors (Lipinski definition) is 0. The summed E-state index contributed by atoms with van der Waals surface area (Å²) in [5.74, 6) is 2.18. The standard InChI is InChI=1S/C12H11BrClN3O/c1-18-10-5-8(13)4-9(6-10)17-11(7-2-3-7)15-16-12(17)14/h4-7H,2-3H2,1H3. The van der Waals surface area contributed by atoms with Gasteiger partial charge in [0.1, 0.15) is 11.6 Å². The summed E-state index contributed by atoms with van der Waals surface area (Å²) < 4.78 is 8.08. The Kier molecular flexibility index (Phi) is 3.03. The number of aromatic nitrogens is 3. The topological polar surface area (TPSA) is 39.9 Å². The Bertz CT molecular complexity index is 595. The summed E-state index contributed by atoms with van der Waals surface area (Å²) in [5, 5.41) is 8.51. The first kappa shape index (κ1) is 12.0. The van der Waals surface area contributed by atoms with Gasteiger partial charge in [-0.15, -0.1) is 10.2 Å². The Morgan fingerprint density at radius 3 is 2.78 bits per heavy atom. The molecule has 1 aliphatic carbocycles. The number of benzene rings is 1. The zero-order valence-electron chi connectivity index (χ0n) is 9.73. The van der Waals surface area contributed by atoms with Gasteiger partial charge >= 0.3 is 0 Å². The Hall–Kier alpha value is -1.07. The molecule has 6 heteroatoms. The lowest BCUT2D eigenvalue weighted by Gasteiger charge is -2.09. The molecule has 4 nitrogen and oxygen atoms in total. The number of nitrogens with zero attached hydrogens (tertiary/aromatic N) is 3. The van der Waals surface area contributed by atoms with E-state index in [4.69, 9.17) is 16.3 Å². The Morgan fingerprint density at radius 1 is 1.33 bits per heavy atom. The van der Waals surface area contributed by atoms with Crippen molar-refractivity contribution in [3.05, 3.63) is 33.8 Å². The van der Waals surface area contributed by atoms with E-state index < -0.39 is 0 Å². The average Bonchev–Trinajstić information content (AvgIpc) is 3.12. The van der Waals surface area contributed by atoms with Crippen molar-refractivity contribution in [2.75, 3.05) is 7.11 Å². The SMILES string of the molecule is COc1cc(Br)cc(-n2c(Cl)nnc2C2CC2)c1. The van der Waals surface area contributed by atoms with Gasteiger partial charge in [-0.1, -0.05) is 15.9 Å². The molecule has 18 heavy (non-hydrogen) atoms. The van der Waals surface area contributed by atoms with Crippen LogP contribution in [0.3, 0.4) is 0 Å². The van der Waals surface area contributed by atoms with E-state index in [1.165, 1.54) is 0 Å². The van der Waals surface area contributed by atoms with Crippen LogP contribution in [0.25, 0.3) is 5.69 Å². The molecule has 1 saturated carbocycles. The van der Waals surface area contributed by atoms with Gasteiger partial charge in [0, 0.05) is 16.5 Å². The summed E-state index contributed by atoms with van der Waals surface area (Å²) in [4.78, 5) is 0. The second-order valence-corrected chi connectivity index (χ2v) is 5.54. The molecule has 1 heterocycles. The van der Waals surface area contributed by atoms with Crippen molar-refractivity contribution in [3.63, 3.8) is 0 Å². The predicted molar refractivity (Wildman–Crippen MR) is 72.6 cm³/mol. The smallest absolute Gasteiger partial charge is 0.229 e. The molecule has 0 aliphatic heterocycles. The maximum Gasteiger partial charge on any atom is 0.229 e. The molecule has 0 N–H and O–H groups in total. The lowest BCUT2D eigenvalue weighted by Crippen LogP contribution is -2.01. The molecule has 0 amide bonds. The molecule has 0 spiro atoms. The molecule has 0 radical (unpaired) electrons. The van der Waals surface area contributed by atoms with Crippen LogP contribution in [0.4, 0.5) is 0 Å². The number of ether oxygens (including phenoxy) is 1. The van der Waals surface area contributed by atoms with E-state index in [2.05, 4.69) is 26.1 Å². The van der Waals surface area contributed by atoms with Gasteiger partial charge in [-0.25, -0.2) is 0 Å². The van der Waals surface area contributed by atoms with Crippen LogP contribution in [0, 0.1) is 0 Å². The molecule has 3 rings (SSSR count). The minimum Gasteiger partial charge on any atom is -0.497 e. The number of hydrogen-bond acceptors (Lipinski definition) is 3. The van der Waals surface area contributed by atoms with Crippen molar-refractivity contribution in [1.29, 1.82) is 0 Å². The van der Waals surface area contributed by atoms with E-state index in [9.17, 15) is 0 Å². The summed E-state index contributed by atoms with van der Waals surface area (Å²) in [6.45, 7) is 0. The maximum atomic E-state index is 6.13. The van der Waals surface area contributed by atoms with Crippen LogP contribution in [0.15, 0.2) is 22.7 Å².